The summed E-state index contributed by atoms with van der Waals surface area (Å²) in [5, 5.41) is 0. The monoisotopic (exact) mass is 851 g/mol. The second-order valence-electron chi connectivity index (χ2n) is 17.9. The van der Waals surface area contributed by atoms with Crippen LogP contribution in [0.4, 0.5) is 13.2 Å². The number of methoxy groups -OCH3 is 1. The molecule has 6 rings (SSSR count). The molecule has 9 heteroatoms. The molecule has 3 heterocycles. The first-order valence-corrected chi connectivity index (χ1v) is 21.2. The Bertz CT molecular complexity index is 2260. The molecule has 0 fully saturated rings. The number of benzene rings is 3. The van der Waals surface area contributed by atoms with Gasteiger partial charge >= 0.3 is 6.36 Å². The normalized spacial score (nSPS) is 11.6. The molecule has 0 N–H and O–H groups in total. The van der Waals surface area contributed by atoms with Crippen LogP contribution in [0.2, 0.25) is 0 Å². The molecule has 0 unspecified atom stereocenters. The van der Waals surface area contributed by atoms with E-state index in [1.807, 2.05) is 52.0 Å². The zero-order valence-electron chi connectivity index (χ0n) is 37.6. The number of ether oxygens (including phenoxy) is 2. The minimum Gasteiger partial charge on any atom is -0.497 e. The molecule has 5 nitrogen and oxygen atoms in total. The molecule has 0 atom stereocenters. The molecule has 0 radical (unpaired) electrons. The summed E-state index contributed by atoms with van der Waals surface area (Å²) in [5.41, 5.74) is 12.2. The molecule has 0 saturated carbocycles. The summed E-state index contributed by atoms with van der Waals surface area (Å²) in [6.45, 7) is 25.3. The fourth-order valence-corrected chi connectivity index (χ4v) is 6.53. The first kappa shape index (κ1) is 50.2. The third-order valence-electron chi connectivity index (χ3n) is 9.71. The number of aryl methyl sites for hydroxylation is 3. The van der Waals surface area contributed by atoms with Gasteiger partial charge in [0.25, 0.3) is 0 Å². The lowest BCUT2D eigenvalue weighted by Crippen LogP contribution is -2.17. The quantitative estimate of drug-likeness (QED) is 0.156. The van der Waals surface area contributed by atoms with Gasteiger partial charge in [0.2, 0.25) is 0 Å². The Hall–Kier alpha value is -5.15. The number of aromatic nitrogens is 3. The Labute approximate surface area is 367 Å². The molecule has 0 bridgehead atoms. The van der Waals surface area contributed by atoms with E-state index in [1.54, 1.807) is 31.0 Å². The van der Waals surface area contributed by atoms with Gasteiger partial charge in [0, 0.05) is 54.9 Å². The second-order valence-corrected chi connectivity index (χ2v) is 18.7. The van der Waals surface area contributed by atoms with Crippen molar-refractivity contribution < 1.29 is 22.6 Å². The first-order valence-electron chi connectivity index (χ1n) is 20.0. The zero-order valence-corrected chi connectivity index (χ0v) is 38.4. The van der Waals surface area contributed by atoms with Gasteiger partial charge in [-0.1, -0.05) is 106 Å². The van der Waals surface area contributed by atoms with Crippen LogP contribution >= 0.6 is 11.8 Å². The molecule has 0 spiro atoms. The van der Waals surface area contributed by atoms with E-state index in [-0.39, 0.29) is 29.4 Å². The van der Waals surface area contributed by atoms with Crippen LogP contribution in [0.25, 0.3) is 33.8 Å². The summed E-state index contributed by atoms with van der Waals surface area (Å²) < 4.78 is 46.4. The molecule has 3 aromatic carbocycles. The van der Waals surface area contributed by atoms with Gasteiger partial charge in [0.1, 0.15) is 11.5 Å². The van der Waals surface area contributed by atoms with E-state index in [0.717, 1.165) is 45.3 Å². The number of nitrogens with zero attached hydrogens (tertiary/aromatic N) is 3. The number of halogens is 3. The lowest BCUT2D eigenvalue weighted by Gasteiger charge is -2.19. The fourth-order valence-electron chi connectivity index (χ4n) is 6.09. The molecule has 0 aliphatic heterocycles. The minimum atomic E-state index is -4.70. The Morgan fingerprint density at radius 3 is 1.16 bits per heavy atom. The predicted molar refractivity (Wildman–Crippen MR) is 251 cm³/mol. The van der Waals surface area contributed by atoms with Gasteiger partial charge in [0.05, 0.1) is 24.2 Å². The summed E-state index contributed by atoms with van der Waals surface area (Å²) in [7, 11) is 1.69. The van der Waals surface area contributed by atoms with Crippen LogP contribution in [0.3, 0.4) is 0 Å². The average molecular weight is 852 g/mol. The van der Waals surface area contributed by atoms with Gasteiger partial charge < -0.3 is 9.47 Å². The van der Waals surface area contributed by atoms with Crippen LogP contribution < -0.4 is 9.47 Å². The topological polar surface area (TPSA) is 57.1 Å². The van der Waals surface area contributed by atoms with Gasteiger partial charge in [-0.2, -0.15) is 0 Å². The second kappa shape index (κ2) is 20.6. The Balaban J connectivity index is 0.000000243. The van der Waals surface area contributed by atoms with Crippen molar-refractivity contribution in [2.45, 2.75) is 118 Å². The third kappa shape index (κ3) is 14.5. The van der Waals surface area contributed by atoms with Crippen molar-refractivity contribution in [1.82, 2.24) is 15.0 Å². The highest BCUT2D eigenvalue weighted by atomic mass is 32.2. The summed E-state index contributed by atoms with van der Waals surface area (Å²) in [5.74, 6) is 0.625. The van der Waals surface area contributed by atoms with Crippen molar-refractivity contribution >= 4 is 11.8 Å². The van der Waals surface area contributed by atoms with Crippen molar-refractivity contribution in [3.8, 4) is 45.3 Å². The van der Waals surface area contributed by atoms with Crippen LogP contribution in [0.5, 0.6) is 11.5 Å². The molecular weight excluding hydrogens is 788 g/mol. The maximum absolute atomic E-state index is 12.4. The maximum atomic E-state index is 12.4. The number of hydrogen-bond acceptors (Lipinski definition) is 6. The molecule has 61 heavy (non-hydrogen) atoms. The van der Waals surface area contributed by atoms with E-state index in [1.165, 1.54) is 33.7 Å². The number of hydrogen-bond donors (Lipinski definition) is 0. The summed E-state index contributed by atoms with van der Waals surface area (Å²) in [6.07, 6.45) is -2.60. The van der Waals surface area contributed by atoms with Gasteiger partial charge in [-0.3, -0.25) is 15.0 Å². The molecule has 0 aliphatic carbocycles. The number of thioether (sulfide) groups is 1. The lowest BCUT2D eigenvalue weighted by atomic mass is 9.91. The molecule has 6 aromatic rings. The smallest absolute Gasteiger partial charge is 0.497 e. The van der Waals surface area contributed by atoms with Gasteiger partial charge in [-0.25, -0.2) is 0 Å². The number of alkyl halides is 3. The highest BCUT2D eigenvalue weighted by molar-refractivity contribution is 7.98. The van der Waals surface area contributed by atoms with Crippen molar-refractivity contribution in [1.29, 1.82) is 0 Å². The van der Waals surface area contributed by atoms with Crippen molar-refractivity contribution in [2.24, 2.45) is 0 Å². The van der Waals surface area contributed by atoms with Gasteiger partial charge in [-0.05, 0) is 117 Å². The fraction of sp³-hybridized carbons (Fsp3) is 0.365. The van der Waals surface area contributed by atoms with Crippen LogP contribution in [0.15, 0.2) is 114 Å². The third-order valence-corrected chi connectivity index (χ3v) is 10.4. The molecule has 326 valence electrons. The van der Waals surface area contributed by atoms with E-state index in [2.05, 4.69) is 132 Å². The molecule has 0 aliphatic rings. The SMILES string of the molecule is C.COc1ccc(C)c(-c2cccc(C(C)(C)C)n2)c1.CSc1ccc(C)c(-c2cccc(C(C)(C)C)n2)c1.Cc1ccc(OC(F)(F)F)cc1-c1cccc(C(C)(C)C)n1. The van der Waals surface area contributed by atoms with E-state index in [4.69, 9.17) is 14.7 Å². The first-order chi connectivity index (χ1) is 27.9. The largest absolute Gasteiger partial charge is 0.573 e. The van der Waals surface area contributed by atoms with E-state index >= 15 is 0 Å². The Morgan fingerprint density at radius 1 is 0.475 bits per heavy atom. The minimum absolute atomic E-state index is 0. The standard InChI is InChI=1S/C17H18F3NO.C17H21NO.C17H21NS.CH4/c1-11-8-9-12(22-17(18,19)20)10-13(11)14-6-5-7-15(21-14)16(2,3)4;2*1-12-9-10-13(19-5)11-14(12)15-7-6-8-16(18-15)17(2,3)4;/h5-10H,1-4H3;2*6-11H,1-5H3;1H4. The van der Waals surface area contributed by atoms with Crippen molar-refractivity contribution in [3.05, 3.63) is 143 Å². The van der Waals surface area contributed by atoms with E-state index in [0.29, 0.717) is 11.3 Å². The molecule has 3 aromatic heterocycles. The molecule has 0 saturated heterocycles. The van der Waals surface area contributed by atoms with Crippen LogP contribution in [-0.4, -0.2) is 34.7 Å². The highest BCUT2D eigenvalue weighted by Crippen LogP contribution is 2.33. The average Bonchev–Trinajstić information content (AvgIpc) is 3.18. The van der Waals surface area contributed by atoms with Gasteiger partial charge in [-0.15, -0.1) is 24.9 Å². The predicted octanol–water partition coefficient (Wildman–Crippen LogP) is 15.3. The number of rotatable bonds is 6. The van der Waals surface area contributed by atoms with Crippen LogP contribution in [0, 0.1) is 20.8 Å². The Kier molecular flexibility index (Phi) is 17.0. The summed E-state index contributed by atoms with van der Waals surface area (Å²) >= 11 is 1.77. The molecule has 0 amide bonds. The van der Waals surface area contributed by atoms with Crippen molar-refractivity contribution in [3.63, 3.8) is 0 Å². The van der Waals surface area contributed by atoms with Crippen LogP contribution in [-0.2, 0) is 16.2 Å². The van der Waals surface area contributed by atoms with Crippen molar-refractivity contribution in [2.75, 3.05) is 13.4 Å². The van der Waals surface area contributed by atoms with Crippen LogP contribution in [0.1, 0.15) is 104 Å². The van der Waals surface area contributed by atoms with Gasteiger partial charge in [0.15, 0.2) is 0 Å². The lowest BCUT2D eigenvalue weighted by molar-refractivity contribution is -0.274. The Morgan fingerprint density at radius 2 is 0.820 bits per heavy atom. The van der Waals surface area contributed by atoms with E-state index in [9.17, 15) is 13.2 Å². The summed E-state index contributed by atoms with van der Waals surface area (Å²) in [6, 6.07) is 35.0. The maximum Gasteiger partial charge on any atom is 0.573 e. The highest BCUT2D eigenvalue weighted by Gasteiger charge is 2.31. The molecular formula is C52H64F3N3O2S. The number of pyridine rings is 3. The van der Waals surface area contributed by atoms with E-state index < -0.39 is 6.36 Å². The summed E-state index contributed by atoms with van der Waals surface area (Å²) in [4.78, 5) is 15.5. The zero-order chi connectivity index (χ0) is 44.6.